The van der Waals surface area contributed by atoms with E-state index < -0.39 is 0 Å². The van der Waals surface area contributed by atoms with Crippen LogP contribution in [0.3, 0.4) is 0 Å². The number of benzene rings is 1. The van der Waals surface area contributed by atoms with Crippen LogP contribution in [0.5, 0.6) is 0 Å². The Morgan fingerprint density at radius 3 is 1.23 bits per heavy atom. The summed E-state index contributed by atoms with van der Waals surface area (Å²) in [6.45, 7) is 3.03. The van der Waals surface area contributed by atoms with Crippen molar-refractivity contribution in [1.29, 1.82) is 0 Å². The van der Waals surface area contributed by atoms with Crippen molar-refractivity contribution in [3.8, 4) is 0 Å². The van der Waals surface area contributed by atoms with Gasteiger partial charge in [0.1, 0.15) is 0 Å². The minimum atomic E-state index is 0.868. The maximum absolute atomic E-state index is 5.52. The van der Waals surface area contributed by atoms with Crippen LogP contribution in [0.4, 0.5) is 0 Å². The first-order chi connectivity index (χ1) is 12.8. The van der Waals surface area contributed by atoms with E-state index in [0.29, 0.717) is 0 Å². The molecule has 1 rings (SSSR count). The molecule has 1 aromatic rings. The van der Waals surface area contributed by atoms with Gasteiger partial charge in [-0.1, -0.05) is 120 Å². The average molecular weight is 360 g/mol. The Morgan fingerprint density at radius 1 is 0.500 bits per heavy atom. The van der Waals surface area contributed by atoms with Crippen molar-refractivity contribution in [2.45, 2.75) is 116 Å². The van der Waals surface area contributed by atoms with E-state index in [1.165, 1.54) is 120 Å². The molecule has 0 amide bonds. The fourth-order valence-electron chi connectivity index (χ4n) is 3.70. The topological polar surface area (TPSA) is 26.0 Å². The Kier molecular flexibility index (Phi) is 15.7. The molecule has 0 heterocycles. The second kappa shape index (κ2) is 17.6. The highest BCUT2D eigenvalue weighted by Crippen LogP contribution is 2.14. The molecule has 0 aliphatic heterocycles. The van der Waals surface area contributed by atoms with Gasteiger partial charge in [-0.2, -0.15) is 0 Å². The molecule has 0 radical (unpaired) electrons. The zero-order valence-corrected chi connectivity index (χ0v) is 17.6. The smallest absolute Gasteiger partial charge is 0.00773 e. The lowest BCUT2D eigenvalue weighted by atomic mass is 10.0. The lowest BCUT2D eigenvalue weighted by Crippen LogP contribution is -1.97. The van der Waals surface area contributed by atoms with Gasteiger partial charge < -0.3 is 5.73 Å². The van der Waals surface area contributed by atoms with Gasteiger partial charge in [0.05, 0.1) is 0 Å². The predicted molar refractivity (Wildman–Crippen MR) is 118 cm³/mol. The van der Waals surface area contributed by atoms with Crippen LogP contribution < -0.4 is 5.73 Å². The van der Waals surface area contributed by atoms with Crippen molar-refractivity contribution in [2.24, 2.45) is 5.73 Å². The number of unbranched alkanes of at least 4 members (excludes halogenated alkanes) is 15. The Labute approximate surface area is 164 Å². The lowest BCUT2D eigenvalue weighted by Gasteiger charge is -2.04. The van der Waals surface area contributed by atoms with Crippen LogP contribution >= 0.6 is 0 Å². The summed E-state index contributed by atoms with van der Waals surface area (Å²) in [4.78, 5) is 0. The highest BCUT2D eigenvalue weighted by Gasteiger charge is 1.96. The van der Waals surface area contributed by atoms with E-state index in [9.17, 15) is 0 Å². The van der Waals surface area contributed by atoms with Gasteiger partial charge in [0.25, 0.3) is 0 Å². The molecule has 0 aliphatic rings. The summed E-state index contributed by atoms with van der Waals surface area (Å²) in [5, 5.41) is 0. The van der Waals surface area contributed by atoms with Crippen molar-refractivity contribution < 1.29 is 0 Å². The van der Waals surface area contributed by atoms with Crippen molar-refractivity contribution in [1.82, 2.24) is 0 Å². The summed E-state index contributed by atoms with van der Waals surface area (Å²) in [5.41, 5.74) is 8.39. The molecule has 26 heavy (non-hydrogen) atoms. The molecule has 0 saturated carbocycles. The number of hydrogen-bond donors (Lipinski definition) is 1. The number of hydrogen-bond acceptors (Lipinski definition) is 1. The van der Waals surface area contributed by atoms with Crippen molar-refractivity contribution in [3.63, 3.8) is 0 Å². The summed E-state index contributed by atoms with van der Waals surface area (Å²) >= 11 is 0. The van der Waals surface area contributed by atoms with E-state index in [1.807, 2.05) is 0 Å². The van der Waals surface area contributed by atoms with Crippen molar-refractivity contribution in [2.75, 3.05) is 6.54 Å². The van der Waals surface area contributed by atoms with Gasteiger partial charge >= 0.3 is 0 Å². The van der Waals surface area contributed by atoms with Gasteiger partial charge in [-0.3, -0.25) is 0 Å². The number of aryl methyl sites for hydroxylation is 2. The highest BCUT2D eigenvalue weighted by atomic mass is 14.5. The first-order valence-corrected chi connectivity index (χ1v) is 11.6. The number of rotatable bonds is 18. The summed E-state index contributed by atoms with van der Waals surface area (Å²) in [6.07, 6.45) is 23.9. The molecule has 0 aromatic heterocycles. The molecule has 0 bridgehead atoms. The quantitative estimate of drug-likeness (QED) is 0.266. The van der Waals surface area contributed by atoms with E-state index in [-0.39, 0.29) is 0 Å². The molecule has 0 fully saturated rings. The average Bonchev–Trinajstić information content (AvgIpc) is 2.66. The third-order valence-corrected chi connectivity index (χ3v) is 5.54. The molecule has 0 saturated heterocycles. The molecular weight excluding hydrogens is 314 g/mol. The summed E-state index contributed by atoms with van der Waals surface area (Å²) in [5.74, 6) is 0. The summed E-state index contributed by atoms with van der Waals surface area (Å²) < 4.78 is 0. The van der Waals surface area contributed by atoms with Crippen molar-refractivity contribution >= 4 is 0 Å². The fraction of sp³-hybridized carbons (Fsp3) is 0.760. The van der Waals surface area contributed by atoms with Gasteiger partial charge in [-0.15, -0.1) is 0 Å². The highest BCUT2D eigenvalue weighted by molar-refractivity contribution is 5.21. The SMILES string of the molecule is Cc1ccc(CCCCCCCCCCCCCCCCCCN)cc1. The van der Waals surface area contributed by atoms with Gasteiger partial charge in [0.2, 0.25) is 0 Å². The maximum atomic E-state index is 5.52. The second-order valence-electron chi connectivity index (χ2n) is 8.18. The second-order valence-corrected chi connectivity index (χ2v) is 8.18. The molecular formula is C25H45N. The first-order valence-electron chi connectivity index (χ1n) is 11.6. The third kappa shape index (κ3) is 14.4. The van der Waals surface area contributed by atoms with Crippen molar-refractivity contribution in [3.05, 3.63) is 35.4 Å². The molecule has 0 atom stereocenters. The molecule has 150 valence electrons. The van der Waals surface area contributed by atoms with Gasteiger partial charge in [-0.05, 0) is 38.3 Å². The van der Waals surface area contributed by atoms with Crippen LogP contribution in [-0.4, -0.2) is 6.54 Å². The minimum absolute atomic E-state index is 0.868. The van der Waals surface area contributed by atoms with Gasteiger partial charge in [-0.25, -0.2) is 0 Å². The Morgan fingerprint density at radius 2 is 0.846 bits per heavy atom. The molecule has 0 unspecified atom stereocenters. The Balaban J connectivity index is 1.72. The van der Waals surface area contributed by atoms with E-state index in [4.69, 9.17) is 5.73 Å². The zero-order valence-electron chi connectivity index (χ0n) is 17.6. The Hall–Kier alpha value is -0.820. The first kappa shape index (κ1) is 23.2. The molecule has 1 heteroatoms. The van der Waals surface area contributed by atoms with Crippen LogP contribution in [0.15, 0.2) is 24.3 Å². The maximum Gasteiger partial charge on any atom is -0.00773 e. The molecule has 2 N–H and O–H groups in total. The minimum Gasteiger partial charge on any atom is -0.330 e. The van der Waals surface area contributed by atoms with E-state index in [0.717, 1.165) is 6.54 Å². The molecule has 0 spiro atoms. The van der Waals surface area contributed by atoms with Crippen LogP contribution in [0.2, 0.25) is 0 Å². The standard InChI is InChI=1S/C25H45N/c1-24-19-21-25(22-20-24)18-16-14-12-10-8-6-4-2-3-5-7-9-11-13-15-17-23-26/h19-22H,2-18,23,26H2,1H3. The fourth-order valence-corrected chi connectivity index (χ4v) is 3.70. The van der Waals surface area contributed by atoms with E-state index in [1.54, 1.807) is 0 Å². The monoisotopic (exact) mass is 359 g/mol. The molecule has 1 nitrogen and oxygen atoms in total. The largest absolute Gasteiger partial charge is 0.330 e. The lowest BCUT2D eigenvalue weighted by molar-refractivity contribution is 0.528. The van der Waals surface area contributed by atoms with Gasteiger partial charge in [0, 0.05) is 0 Å². The molecule has 0 aliphatic carbocycles. The normalized spacial score (nSPS) is 11.2. The van der Waals surface area contributed by atoms with Crippen LogP contribution in [0.1, 0.15) is 114 Å². The summed E-state index contributed by atoms with van der Waals surface area (Å²) in [6, 6.07) is 9.05. The summed E-state index contributed by atoms with van der Waals surface area (Å²) in [7, 11) is 0. The molecule has 1 aromatic carbocycles. The zero-order chi connectivity index (χ0) is 18.7. The van der Waals surface area contributed by atoms with E-state index >= 15 is 0 Å². The van der Waals surface area contributed by atoms with Gasteiger partial charge in [0.15, 0.2) is 0 Å². The van der Waals surface area contributed by atoms with E-state index in [2.05, 4.69) is 31.2 Å². The predicted octanol–water partition coefficient (Wildman–Crippen LogP) is 7.74. The van der Waals surface area contributed by atoms with Crippen LogP contribution in [0.25, 0.3) is 0 Å². The Bertz CT molecular complexity index is 395. The third-order valence-electron chi connectivity index (χ3n) is 5.54. The number of nitrogens with two attached hydrogens (primary N) is 1. The van der Waals surface area contributed by atoms with Crippen LogP contribution in [0, 0.1) is 6.92 Å². The van der Waals surface area contributed by atoms with Crippen LogP contribution in [-0.2, 0) is 6.42 Å².